The van der Waals surface area contributed by atoms with Crippen LogP contribution in [0.2, 0.25) is 0 Å². The quantitative estimate of drug-likeness (QED) is 0.217. The van der Waals surface area contributed by atoms with Gasteiger partial charge in [0.25, 0.3) is 5.69 Å². The largest absolute Gasteiger partial charge is 0.339 e. The van der Waals surface area contributed by atoms with E-state index in [-0.39, 0.29) is 28.8 Å². The summed E-state index contributed by atoms with van der Waals surface area (Å²) < 4.78 is -1.88. The fourth-order valence-electron chi connectivity index (χ4n) is 1.69. The predicted octanol–water partition coefficient (Wildman–Crippen LogP) is 3.49. The maximum Gasteiger partial charge on any atom is 0.292 e. The van der Waals surface area contributed by atoms with Gasteiger partial charge in [0.2, 0.25) is 9.70 Å². The third-order valence-corrected chi connectivity index (χ3v) is 3.61. The Morgan fingerprint density at radius 2 is 1.96 bits per heavy atom. The van der Waals surface area contributed by atoms with Crippen molar-refractivity contribution in [3.05, 3.63) is 34.4 Å². The van der Waals surface area contributed by atoms with Gasteiger partial charge < -0.3 is 16.0 Å². The number of nitro groups is 1. The Balaban J connectivity index is 2.82. The summed E-state index contributed by atoms with van der Waals surface area (Å²) in [5.41, 5.74) is 0.00468. The molecule has 0 saturated heterocycles. The van der Waals surface area contributed by atoms with Crippen LogP contribution < -0.4 is 16.0 Å². The molecule has 0 spiro atoms. The number of para-hydroxylation sites is 2. The molecule has 0 aliphatic heterocycles. The number of carbonyl (C=O) groups is 1. The minimum atomic E-state index is -1.88. The number of nitrogens with zero attached hydrogens (tertiary/aromatic N) is 1. The zero-order valence-electron chi connectivity index (χ0n) is 12.5. The van der Waals surface area contributed by atoms with Crippen LogP contribution in [0.1, 0.15) is 19.8 Å². The number of halogens is 3. The Bertz CT molecular complexity index is 625. The van der Waals surface area contributed by atoms with E-state index in [9.17, 15) is 14.9 Å². The van der Waals surface area contributed by atoms with E-state index < -0.39 is 14.9 Å². The number of nitro benzene ring substituents is 1. The van der Waals surface area contributed by atoms with Crippen molar-refractivity contribution in [3.8, 4) is 0 Å². The first-order valence-electron chi connectivity index (χ1n) is 6.82. The van der Waals surface area contributed by atoms with Crippen molar-refractivity contribution in [1.29, 1.82) is 0 Å². The molecule has 3 N–H and O–H groups in total. The molecule has 0 aromatic heterocycles. The van der Waals surface area contributed by atoms with Crippen molar-refractivity contribution in [2.75, 3.05) is 5.32 Å². The lowest BCUT2D eigenvalue weighted by molar-refractivity contribution is -0.383. The molecular formula is C13H15Cl3N4O3S. The molecule has 0 aliphatic carbocycles. The maximum atomic E-state index is 11.7. The summed E-state index contributed by atoms with van der Waals surface area (Å²) in [5, 5.41) is 18.7. The molecule has 1 amide bonds. The van der Waals surface area contributed by atoms with Gasteiger partial charge in [-0.25, -0.2) is 0 Å². The Kier molecular flexibility index (Phi) is 7.95. The topological polar surface area (TPSA) is 96.3 Å². The fraction of sp³-hybridized carbons (Fsp3) is 0.385. The second kappa shape index (κ2) is 9.22. The van der Waals surface area contributed by atoms with Crippen LogP contribution in [0.3, 0.4) is 0 Å². The number of carbonyl (C=O) groups excluding carboxylic acids is 1. The normalized spacial score (nSPS) is 12.2. The monoisotopic (exact) mass is 412 g/mol. The molecule has 0 unspecified atom stereocenters. The van der Waals surface area contributed by atoms with E-state index in [1.165, 1.54) is 18.2 Å². The molecule has 0 heterocycles. The van der Waals surface area contributed by atoms with Gasteiger partial charge in [-0.05, 0) is 24.7 Å². The van der Waals surface area contributed by atoms with E-state index in [2.05, 4.69) is 16.0 Å². The van der Waals surface area contributed by atoms with Gasteiger partial charge in [-0.1, -0.05) is 53.9 Å². The molecule has 0 saturated carbocycles. The molecule has 0 aliphatic rings. The van der Waals surface area contributed by atoms with Crippen LogP contribution in [0.25, 0.3) is 0 Å². The first kappa shape index (κ1) is 20.7. The second-order valence-corrected chi connectivity index (χ2v) is 7.44. The summed E-state index contributed by atoms with van der Waals surface area (Å²) in [6.45, 7) is 1.83. The standard InChI is InChI=1S/C13H15Cl3N4O3S/c1-2-5-10(21)18-11(13(14,15)16)19-12(24)17-8-6-3-4-7-9(8)20(22)23/h3-4,6-7,11H,2,5H2,1H3,(H,18,21)(H2,17,19,24)/t11-/m0/s1. The van der Waals surface area contributed by atoms with Crippen LogP contribution in [0.15, 0.2) is 24.3 Å². The summed E-state index contributed by atoms with van der Waals surface area (Å²) in [6.07, 6.45) is -0.232. The Hall–Kier alpha value is -1.35. The number of alkyl halides is 3. The number of hydrogen-bond acceptors (Lipinski definition) is 4. The smallest absolute Gasteiger partial charge is 0.292 e. The number of nitrogens with one attached hydrogen (secondary N) is 3. The SMILES string of the molecule is CCCC(=O)N[C@@H](NC(=S)Nc1ccccc1[N+](=O)[O-])C(Cl)(Cl)Cl. The molecular weight excluding hydrogens is 399 g/mol. The van der Waals surface area contributed by atoms with Gasteiger partial charge in [0.15, 0.2) is 5.11 Å². The summed E-state index contributed by atoms with van der Waals surface area (Å²) in [5.74, 6) is -0.324. The highest BCUT2D eigenvalue weighted by Gasteiger charge is 2.34. The molecule has 11 heteroatoms. The zero-order chi connectivity index (χ0) is 18.3. The Morgan fingerprint density at radius 1 is 1.33 bits per heavy atom. The van der Waals surface area contributed by atoms with Crippen molar-refractivity contribution in [1.82, 2.24) is 10.6 Å². The third-order valence-electron chi connectivity index (χ3n) is 2.73. The van der Waals surface area contributed by atoms with Crippen molar-refractivity contribution in [2.24, 2.45) is 0 Å². The van der Waals surface area contributed by atoms with Crippen LogP contribution >= 0.6 is 47.0 Å². The van der Waals surface area contributed by atoms with Gasteiger partial charge in [0.1, 0.15) is 11.9 Å². The molecule has 1 atom stereocenters. The van der Waals surface area contributed by atoms with Crippen molar-refractivity contribution >= 4 is 69.4 Å². The summed E-state index contributed by atoms with van der Waals surface area (Å²) in [7, 11) is 0. The molecule has 0 bridgehead atoms. The second-order valence-electron chi connectivity index (χ2n) is 4.66. The van der Waals surface area contributed by atoms with Gasteiger partial charge in [0.05, 0.1) is 4.92 Å². The summed E-state index contributed by atoms with van der Waals surface area (Å²) >= 11 is 22.6. The average molecular weight is 414 g/mol. The minimum Gasteiger partial charge on any atom is -0.339 e. The lowest BCUT2D eigenvalue weighted by Gasteiger charge is -2.27. The van der Waals surface area contributed by atoms with E-state index in [0.717, 1.165) is 0 Å². The zero-order valence-corrected chi connectivity index (χ0v) is 15.6. The number of thiocarbonyl (C=S) groups is 1. The molecule has 132 valence electrons. The predicted molar refractivity (Wildman–Crippen MR) is 99.6 cm³/mol. The highest BCUT2D eigenvalue weighted by molar-refractivity contribution is 7.80. The first-order chi connectivity index (χ1) is 11.1. The van der Waals surface area contributed by atoms with Gasteiger partial charge in [0, 0.05) is 12.5 Å². The Labute approximate surface area is 159 Å². The van der Waals surface area contributed by atoms with Crippen LogP contribution in [-0.2, 0) is 4.79 Å². The van der Waals surface area contributed by atoms with Crippen LogP contribution in [0.4, 0.5) is 11.4 Å². The molecule has 1 aromatic rings. The van der Waals surface area contributed by atoms with E-state index in [4.69, 9.17) is 47.0 Å². The van der Waals surface area contributed by atoms with E-state index in [1.54, 1.807) is 6.07 Å². The van der Waals surface area contributed by atoms with Gasteiger partial charge in [-0.3, -0.25) is 14.9 Å². The van der Waals surface area contributed by atoms with Gasteiger partial charge >= 0.3 is 0 Å². The average Bonchev–Trinajstić information content (AvgIpc) is 2.46. The first-order valence-corrected chi connectivity index (χ1v) is 8.36. The van der Waals surface area contributed by atoms with Crippen molar-refractivity contribution < 1.29 is 9.72 Å². The molecule has 0 fully saturated rings. The number of rotatable bonds is 6. The number of anilines is 1. The lowest BCUT2D eigenvalue weighted by atomic mass is 10.3. The summed E-state index contributed by atoms with van der Waals surface area (Å²) in [6, 6.07) is 5.93. The number of amides is 1. The van der Waals surface area contributed by atoms with Gasteiger partial charge in [-0.2, -0.15) is 0 Å². The number of benzene rings is 1. The lowest BCUT2D eigenvalue weighted by Crippen LogP contribution is -2.56. The van der Waals surface area contributed by atoms with E-state index in [1.807, 2.05) is 6.92 Å². The van der Waals surface area contributed by atoms with E-state index in [0.29, 0.717) is 6.42 Å². The number of hydrogen-bond donors (Lipinski definition) is 3. The van der Waals surface area contributed by atoms with Crippen LogP contribution in [0.5, 0.6) is 0 Å². The van der Waals surface area contributed by atoms with Crippen molar-refractivity contribution in [3.63, 3.8) is 0 Å². The molecule has 7 nitrogen and oxygen atoms in total. The minimum absolute atomic E-state index is 0.0441. The Morgan fingerprint density at radius 3 is 2.50 bits per heavy atom. The maximum absolute atomic E-state index is 11.7. The van der Waals surface area contributed by atoms with Crippen molar-refractivity contribution in [2.45, 2.75) is 29.7 Å². The molecule has 24 heavy (non-hydrogen) atoms. The molecule has 1 rings (SSSR count). The molecule has 1 aromatic carbocycles. The van der Waals surface area contributed by atoms with E-state index >= 15 is 0 Å². The highest BCUT2D eigenvalue weighted by atomic mass is 35.6. The van der Waals surface area contributed by atoms with Gasteiger partial charge in [-0.15, -0.1) is 0 Å². The van der Waals surface area contributed by atoms with Crippen LogP contribution in [0, 0.1) is 10.1 Å². The summed E-state index contributed by atoms with van der Waals surface area (Å²) in [4.78, 5) is 22.1. The highest BCUT2D eigenvalue weighted by Crippen LogP contribution is 2.29. The van der Waals surface area contributed by atoms with Crippen LogP contribution in [-0.4, -0.2) is 25.9 Å². The third kappa shape index (κ3) is 6.64. The fourth-order valence-corrected chi connectivity index (χ4v) is 2.24. The molecule has 0 radical (unpaired) electrons.